The number of nitrogens with two attached hydrogens (primary N) is 1. The highest BCUT2D eigenvalue weighted by atomic mass is 35.5. The molecule has 21 heavy (non-hydrogen) atoms. The van der Waals surface area contributed by atoms with Crippen LogP contribution in [0.3, 0.4) is 0 Å². The van der Waals surface area contributed by atoms with Crippen molar-refractivity contribution in [3.05, 3.63) is 36.0 Å². The fraction of sp³-hybridized carbons (Fsp3) is 0.286. The maximum atomic E-state index is 10.6. The lowest BCUT2D eigenvalue weighted by atomic mass is 10.1. The third-order valence-electron chi connectivity index (χ3n) is 2.67. The summed E-state index contributed by atoms with van der Waals surface area (Å²) in [6.07, 6.45) is 2.16. The van der Waals surface area contributed by atoms with E-state index in [1.165, 1.54) is 6.47 Å². The van der Waals surface area contributed by atoms with E-state index in [1.807, 2.05) is 30.5 Å². The first-order chi connectivity index (χ1) is 10.1. The Balaban J connectivity index is 0.000000315. The van der Waals surface area contributed by atoms with Crippen molar-refractivity contribution in [1.29, 1.82) is 0 Å². The monoisotopic (exact) mass is 311 g/mol. The van der Waals surface area contributed by atoms with E-state index >= 15 is 0 Å². The van der Waals surface area contributed by atoms with Gasteiger partial charge in [0.1, 0.15) is 12.6 Å². The minimum absolute atomic E-state index is 0.255. The number of aromatic nitrogens is 1. The van der Waals surface area contributed by atoms with Crippen molar-refractivity contribution < 1.29 is 19.4 Å². The maximum absolute atomic E-state index is 10.6. The van der Waals surface area contributed by atoms with Crippen molar-refractivity contribution in [3.63, 3.8) is 0 Å². The van der Waals surface area contributed by atoms with Crippen molar-refractivity contribution in [2.45, 2.75) is 12.5 Å². The lowest BCUT2D eigenvalue weighted by Crippen LogP contribution is -2.32. The average Bonchev–Trinajstić information content (AvgIpc) is 2.89. The molecule has 1 atom stereocenters. The number of fused-ring (bicyclic) bond motifs is 1. The number of carboxylic acids is 1. The Morgan fingerprint density at radius 1 is 1.48 bits per heavy atom. The predicted molar refractivity (Wildman–Crippen MR) is 80.0 cm³/mol. The molecule has 0 saturated heterocycles. The molecule has 0 fully saturated rings. The summed E-state index contributed by atoms with van der Waals surface area (Å²) in [7, 11) is 0. The minimum atomic E-state index is -0.972. The number of ether oxygens (including phenoxy) is 1. The molecule has 113 valence electrons. The van der Waals surface area contributed by atoms with Gasteiger partial charge in [-0.25, -0.2) is 4.79 Å². The van der Waals surface area contributed by atoms with Crippen LogP contribution in [0.25, 0.3) is 10.9 Å². The summed E-state index contributed by atoms with van der Waals surface area (Å²) in [4.78, 5) is 22.9. The number of benzene rings is 1. The van der Waals surface area contributed by atoms with Crippen LogP contribution in [0.1, 0.15) is 5.56 Å². The third kappa shape index (κ3) is 5.45. The number of hydrogen-bond donors (Lipinski definition) is 3. The van der Waals surface area contributed by atoms with E-state index in [0.717, 1.165) is 16.5 Å². The Morgan fingerprint density at radius 3 is 2.76 bits per heavy atom. The number of carbonyl (C=O) groups excluding carboxylic acids is 1. The van der Waals surface area contributed by atoms with Gasteiger partial charge in [-0.2, -0.15) is 0 Å². The van der Waals surface area contributed by atoms with Crippen LogP contribution in [0.15, 0.2) is 30.5 Å². The number of rotatable bonds is 6. The number of aromatic amines is 1. The van der Waals surface area contributed by atoms with E-state index in [9.17, 15) is 4.79 Å². The normalized spacial score (nSPS) is 11.3. The third-order valence-corrected chi connectivity index (χ3v) is 2.82. The van der Waals surface area contributed by atoms with Crippen LogP contribution in [-0.2, 0) is 20.7 Å². The van der Waals surface area contributed by atoms with Crippen LogP contribution < -0.4 is 5.73 Å². The van der Waals surface area contributed by atoms with Crippen LogP contribution in [-0.4, -0.2) is 41.1 Å². The van der Waals surface area contributed by atoms with Crippen molar-refractivity contribution in [2.75, 3.05) is 12.5 Å². The van der Waals surface area contributed by atoms with Crippen molar-refractivity contribution in [3.8, 4) is 0 Å². The van der Waals surface area contributed by atoms with Gasteiger partial charge in [-0.3, -0.25) is 4.79 Å². The summed E-state index contributed by atoms with van der Waals surface area (Å²) >= 11 is 5.08. The van der Waals surface area contributed by atoms with E-state index in [1.54, 1.807) is 0 Å². The van der Waals surface area contributed by atoms with Gasteiger partial charge in [0.25, 0.3) is 0 Å². The lowest BCUT2D eigenvalue weighted by molar-refractivity contribution is -0.138. The Morgan fingerprint density at radius 2 is 2.19 bits per heavy atom. The highest BCUT2D eigenvalue weighted by molar-refractivity contribution is 6.18. The van der Waals surface area contributed by atoms with Crippen LogP contribution >= 0.6 is 11.6 Å². The number of carbonyl (C=O) groups is 1. The molecule has 0 amide bonds. The zero-order valence-corrected chi connectivity index (χ0v) is 12.0. The summed E-state index contributed by atoms with van der Waals surface area (Å²) in [6, 6.07) is 6.91. The number of nitrogens with one attached hydrogen (secondary N) is 1. The first-order valence-corrected chi connectivity index (χ1v) is 6.71. The highest BCUT2D eigenvalue weighted by Gasteiger charge is 2.14. The van der Waals surface area contributed by atoms with Gasteiger partial charge in [-0.1, -0.05) is 18.2 Å². The van der Waals surface area contributed by atoms with Gasteiger partial charge in [-0.05, 0) is 11.6 Å². The molecule has 7 heteroatoms. The molecule has 0 saturated carbocycles. The van der Waals surface area contributed by atoms with E-state index < -0.39 is 12.0 Å². The second-order valence-corrected chi connectivity index (χ2v) is 4.51. The van der Waals surface area contributed by atoms with Crippen molar-refractivity contribution >= 4 is 34.9 Å². The van der Waals surface area contributed by atoms with Gasteiger partial charge in [-0.15, -0.1) is 11.6 Å². The smallest absolute Gasteiger partial charge is 0.417 e. The second-order valence-electron chi connectivity index (χ2n) is 4.13. The minimum Gasteiger partial charge on any atom is -0.480 e. The van der Waals surface area contributed by atoms with Crippen LogP contribution in [0.2, 0.25) is 0 Å². The average molecular weight is 312 g/mol. The summed E-state index contributed by atoms with van der Waals surface area (Å²) in [6.45, 7) is 1.49. The Hall–Kier alpha value is -2.05. The van der Waals surface area contributed by atoms with Gasteiger partial charge in [0.15, 0.2) is 0 Å². The van der Waals surface area contributed by atoms with E-state index in [-0.39, 0.29) is 6.61 Å². The standard InChI is InChI=1S/C11H12N2O2.C3H4ClO2/c12-9(11(14)15)5-7-6-13-10-4-2-1-3-8(7)10;4-1-2-6-3-5/h1-4,6,9,13H,5,12H2,(H,14,15);1-2H2. The molecule has 0 aliphatic heterocycles. The van der Waals surface area contributed by atoms with Crippen LogP contribution in [0.4, 0.5) is 0 Å². The van der Waals surface area contributed by atoms with Crippen LogP contribution in [0.5, 0.6) is 0 Å². The summed E-state index contributed by atoms with van der Waals surface area (Å²) in [5.74, 6) is -0.629. The molecule has 1 heterocycles. The molecule has 0 spiro atoms. The molecular weight excluding hydrogens is 296 g/mol. The van der Waals surface area contributed by atoms with Crippen LogP contribution in [0, 0.1) is 0 Å². The zero-order chi connectivity index (χ0) is 15.7. The second kappa shape index (κ2) is 8.99. The van der Waals surface area contributed by atoms with Crippen molar-refractivity contribution in [2.24, 2.45) is 5.73 Å². The highest BCUT2D eigenvalue weighted by Crippen LogP contribution is 2.18. The molecule has 0 bridgehead atoms. The molecule has 2 rings (SSSR count). The van der Waals surface area contributed by atoms with E-state index in [0.29, 0.717) is 12.3 Å². The number of aliphatic carboxylic acids is 1. The number of hydrogen-bond acceptors (Lipinski definition) is 4. The van der Waals surface area contributed by atoms with Gasteiger partial charge < -0.3 is 20.6 Å². The van der Waals surface area contributed by atoms with Gasteiger partial charge in [0.05, 0.1) is 5.88 Å². The molecule has 1 radical (unpaired) electrons. The molecule has 1 unspecified atom stereocenters. The fourth-order valence-electron chi connectivity index (χ4n) is 1.70. The summed E-state index contributed by atoms with van der Waals surface area (Å²) < 4.78 is 4.05. The number of carboxylic acid groups (broad SMARTS) is 1. The lowest BCUT2D eigenvalue weighted by Gasteiger charge is -2.04. The molecule has 6 nitrogen and oxygen atoms in total. The van der Waals surface area contributed by atoms with E-state index in [4.69, 9.17) is 27.2 Å². The predicted octanol–water partition coefficient (Wildman–Crippen LogP) is 1.43. The molecular formula is C14H16ClN2O4. The van der Waals surface area contributed by atoms with Crippen molar-refractivity contribution in [1.82, 2.24) is 4.98 Å². The van der Waals surface area contributed by atoms with E-state index in [2.05, 4.69) is 9.72 Å². The summed E-state index contributed by atoms with van der Waals surface area (Å²) in [5.41, 5.74) is 7.43. The Bertz CT molecular complexity index is 585. The van der Waals surface area contributed by atoms with Gasteiger partial charge >= 0.3 is 12.4 Å². The maximum Gasteiger partial charge on any atom is 0.417 e. The molecule has 0 aliphatic rings. The first kappa shape index (κ1) is 17.0. The van der Waals surface area contributed by atoms with Gasteiger partial charge in [0, 0.05) is 23.5 Å². The Labute approximate surface area is 126 Å². The quantitative estimate of drug-likeness (QED) is 0.553. The number of para-hydroxylation sites is 1. The molecule has 1 aromatic carbocycles. The number of H-pyrrole nitrogens is 1. The largest absolute Gasteiger partial charge is 0.480 e. The topological polar surface area (TPSA) is 105 Å². The number of alkyl halides is 1. The first-order valence-electron chi connectivity index (χ1n) is 6.18. The zero-order valence-electron chi connectivity index (χ0n) is 11.2. The van der Waals surface area contributed by atoms with Gasteiger partial charge in [0.2, 0.25) is 0 Å². The summed E-state index contributed by atoms with van der Waals surface area (Å²) in [5, 5.41) is 9.75. The Kier molecular flexibility index (Phi) is 7.28. The molecule has 0 aliphatic carbocycles. The number of halogens is 1. The molecule has 1 aromatic heterocycles. The molecule has 4 N–H and O–H groups in total. The fourth-order valence-corrected chi connectivity index (χ4v) is 1.78. The SMILES string of the molecule is NC(Cc1c[nH]c2ccccc12)C(=O)O.O=[C]OCCCl. The molecule has 2 aromatic rings.